The third-order valence-electron chi connectivity index (χ3n) is 4.03. The summed E-state index contributed by atoms with van der Waals surface area (Å²) in [6.07, 6.45) is 1.07. The number of amides is 2. The van der Waals surface area contributed by atoms with Crippen LogP contribution in [-0.4, -0.2) is 29.3 Å². The first kappa shape index (κ1) is 15.7. The van der Waals surface area contributed by atoms with Crippen LogP contribution in [0, 0.1) is 13.8 Å². The van der Waals surface area contributed by atoms with Crippen LogP contribution in [0.3, 0.4) is 0 Å². The average Bonchev–Trinajstić information content (AvgIpc) is 2.66. The standard InChI is InChI=1S/C17H24N2O2/c1-5-8-19-16(20)10-15(17(19)21)18-13(4)14-7-6-11(2)9-12(14)3/h6-7,9,13,15,18H,5,8,10H2,1-4H3. The number of imide groups is 1. The normalized spacial score (nSPS) is 20.2. The second-order valence-corrected chi connectivity index (χ2v) is 5.89. The Hall–Kier alpha value is -1.68. The molecule has 4 heteroatoms. The number of nitrogens with one attached hydrogen (secondary N) is 1. The maximum absolute atomic E-state index is 12.3. The van der Waals surface area contributed by atoms with Crippen LogP contribution in [0.1, 0.15) is 49.4 Å². The van der Waals surface area contributed by atoms with Gasteiger partial charge in [-0.15, -0.1) is 0 Å². The molecule has 21 heavy (non-hydrogen) atoms. The summed E-state index contributed by atoms with van der Waals surface area (Å²) >= 11 is 0. The summed E-state index contributed by atoms with van der Waals surface area (Å²) in [5, 5.41) is 3.31. The Balaban J connectivity index is 2.08. The van der Waals surface area contributed by atoms with E-state index in [-0.39, 0.29) is 30.3 Å². The van der Waals surface area contributed by atoms with Gasteiger partial charge in [-0.2, -0.15) is 0 Å². The van der Waals surface area contributed by atoms with E-state index in [1.54, 1.807) is 0 Å². The summed E-state index contributed by atoms with van der Waals surface area (Å²) in [7, 11) is 0. The Morgan fingerprint density at radius 1 is 1.33 bits per heavy atom. The summed E-state index contributed by atoms with van der Waals surface area (Å²) in [4.78, 5) is 25.5. The lowest BCUT2D eigenvalue weighted by Crippen LogP contribution is -2.40. The van der Waals surface area contributed by atoms with Crippen molar-refractivity contribution < 1.29 is 9.59 Å². The molecule has 2 amide bonds. The molecule has 2 unspecified atom stereocenters. The number of benzene rings is 1. The summed E-state index contributed by atoms with van der Waals surface area (Å²) in [6, 6.07) is 5.96. The molecule has 2 rings (SSSR count). The number of hydrogen-bond acceptors (Lipinski definition) is 3. The van der Waals surface area contributed by atoms with Crippen molar-refractivity contribution in [2.45, 2.75) is 52.6 Å². The van der Waals surface area contributed by atoms with E-state index in [0.717, 1.165) is 6.42 Å². The van der Waals surface area contributed by atoms with Crippen LogP contribution >= 0.6 is 0 Å². The highest BCUT2D eigenvalue weighted by Crippen LogP contribution is 2.22. The minimum absolute atomic E-state index is 0.0499. The third-order valence-corrected chi connectivity index (χ3v) is 4.03. The lowest BCUT2D eigenvalue weighted by molar-refractivity contribution is -0.138. The first-order valence-corrected chi connectivity index (χ1v) is 7.61. The summed E-state index contributed by atoms with van der Waals surface area (Å²) in [5.74, 6) is -0.148. The molecule has 1 N–H and O–H groups in total. The first-order chi connectivity index (χ1) is 9.93. The lowest BCUT2D eigenvalue weighted by atomic mass is 9.99. The quantitative estimate of drug-likeness (QED) is 0.847. The van der Waals surface area contributed by atoms with E-state index in [1.165, 1.54) is 21.6 Å². The fourth-order valence-electron chi connectivity index (χ4n) is 2.97. The maximum atomic E-state index is 12.3. The zero-order valence-corrected chi connectivity index (χ0v) is 13.3. The second-order valence-electron chi connectivity index (χ2n) is 5.89. The summed E-state index contributed by atoms with van der Waals surface area (Å²) in [5.41, 5.74) is 3.61. The van der Waals surface area contributed by atoms with Crippen molar-refractivity contribution in [2.24, 2.45) is 0 Å². The molecular formula is C17H24N2O2. The van der Waals surface area contributed by atoms with E-state index >= 15 is 0 Å². The van der Waals surface area contributed by atoms with Gasteiger partial charge in [0.05, 0.1) is 12.5 Å². The molecule has 0 radical (unpaired) electrons. The van der Waals surface area contributed by atoms with Crippen molar-refractivity contribution in [3.05, 3.63) is 34.9 Å². The molecule has 1 aliphatic heterocycles. The van der Waals surface area contributed by atoms with Crippen LogP contribution in [0.5, 0.6) is 0 Å². The molecule has 0 aromatic heterocycles. The van der Waals surface area contributed by atoms with Crippen molar-refractivity contribution >= 4 is 11.8 Å². The monoisotopic (exact) mass is 288 g/mol. The van der Waals surface area contributed by atoms with Crippen molar-refractivity contribution in [3.8, 4) is 0 Å². The zero-order valence-electron chi connectivity index (χ0n) is 13.3. The second kappa shape index (κ2) is 6.39. The summed E-state index contributed by atoms with van der Waals surface area (Å²) in [6.45, 7) is 8.67. The Morgan fingerprint density at radius 3 is 2.67 bits per heavy atom. The smallest absolute Gasteiger partial charge is 0.246 e. The molecule has 114 valence electrons. The van der Waals surface area contributed by atoms with Crippen molar-refractivity contribution in [3.63, 3.8) is 0 Å². The van der Waals surface area contributed by atoms with Gasteiger partial charge in [0, 0.05) is 12.6 Å². The molecule has 1 saturated heterocycles. The minimum Gasteiger partial charge on any atom is -0.299 e. The van der Waals surface area contributed by atoms with E-state index < -0.39 is 0 Å². The van der Waals surface area contributed by atoms with Gasteiger partial charge in [0.25, 0.3) is 0 Å². The van der Waals surface area contributed by atoms with Gasteiger partial charge in [-0.25, -0.2) is 0 Å². The fourth-order valence-corrected chi connectivity index (χ4v) is 2.97. The molecule has 1 fully saturated rings. The van der Waals surface area contributed by atoms with Gasteiger partial charge in [0.1, 0.15) is 0 Å². The van der Waals surface area contributed by atoms with Crippen molar-refractivity contribution in [2.75, 3.05) is 6.54 Å². The zero-order chi connectivity index (χ0) is 15.6. The maximum Gasteiger partial charge on any atom is 0.246 e. The molecule has 0 aliphatic carbocycles. The van der Waals surface area contributed by atoms with Gasteiger partial charge >= 0.3 is 0 Å². The number of hydrogen-bond donors (Lipinski definition) is 1. The van der Waals surface area contributed by atoms with Crippen LogP contribution in [0.4, 0.5) is 0 Å². The molecule has 4 nitrogen and oxygen atoms in total. The van der Waals surface area contributed by atoms with Crippen LogP contribution in [0.25, 0.3) is 0 Å². The fraction of sp³-hybridized carbons (Fsp3) is 0.529. The summed E-state index contributed by atoms with van der Waals surface area (Å²) < 4.78 is 0. The minimum atomic E-state index is -0.389. The lowest BCUT2D eigenvalue weighted by Gasteiger charge is -2.21. The molecule has 0 spiro atoms. The number of nitrogens with zero attached hydrogens (tertiary/aromatic N) is 1. The highest BCUT2D eigenvalue weighted by Gasteiger charge is 2.38. The van der Waals surface area contributed by atoms with Gasteiger partial charge in [-0.3, -0.25) is 19.8 Å². The average molecular weight is 288 g/mol. The molecule has 1 aromatic carbocycles. The van der Waals surface area contributed by atoms with Crippen molar-refractivity contribution in [1.82, 2.24) is 10.2 Å². The Kier molecular flexibility index (Phi) is 4.78. The predicted octanol–water partition coefficient (Wildman–Crippen LogP) is 2.49. The van der Waals surface area contributed by atoms with Gasteiger partial charge in [-0.1, -0.05) is 30.7 Å². The van der Waals surface area contributed by atoms with Gasteiger partial charge in [-0.05, 0) is 38.3 Å². The highest BCUT2D eigenvalue weighted by atomic mass is 16.2. The largest absolute Gasteiger partial charge is 0.299 e. The SMILES string of the molecule is CCCN1C(=O)CC(NC(C)c2ccc(C)cc2C)C1=O. The van der Waals surface area contributed by atoms with E-state index in [9.17, 15) is 9.59 Å². The molecule has 2 atom stereocenters. The van der Waals surface area contributed by atoms with E-state index in [0.29, 0.717) is 6.54 Å². The molecule has 0 bridgehead atoms. The Bertz CT molecular complexity index is 554. The van der Waals surface area contributed by atoms with E-state index in [4.69, 9.17) is 0 Å². The third kappa shape index (κ3) is 3.32. The molecule has 1 aliphatic rings. The van der Waals surface area contributed by atoms with E-state index in [1.807, 2.05) is 13.8 Å². The van der Waals surface area contributed by atoms with Crippen LogP contribution in [0.15, 0.2) is 18.2 Å². The number of carbonyl (C=O) groups is 2. The number of likely N-dealkylation sites (tertiary alicyclic amines) is 1. The van der Waals surface area contributed by atoms with Gasteiger partial charge in [0.15, 0.2) is 0 Å². The van der Waals surface area contributed by atoms with Crippen molar-refractivity contribution in [1.29, 1.82) is 0 Å². The Morgan fingerprint density at radius 2 is 2.05 bits per heavy atom. The molecule has 1 heterocycles. The van der Waals surface area contributed by atoms with Crippen LogP contribution in [-0.2, 0) is 9.59 Å². The number of carbonyl (C=O) groups excluding carboxylic acids is 2. The molecule has 0 saturated carbocycles. The number of rotatable bonds is 5. The van der Waals surface area contributed by atoms with Crippen LogP contribution in [0.2, 0.25) is 0 Å². The Labute approximate surface area is 126 Å². The first-order valence-electron chi connectivity index (χ1n) is 7.61. The number of aryl methyl sites for hydroxylation is 2. The molecule has 1 aromatic rings. The molecular weight excluding hydrogens is 264 g/mol. The predicted molar refractivity (Wildman–Crippen MR) is 82.9 cm³/mol. The van der Waals surface area contributed by atoms with Crippen LogP contribution < -0.4 is 5.32 Å². The topological polar surface area (TPSA) is 49.4 Å². The van der Waals surface area contributed by atoms with Gasteiger partial charge in [0.2, 0.25) is 11.8 Å². The highest BCUT2D eigenvalue weighted by molar-refractivity contribution is 6.05. The van der Waals surface area contributed by atoms with Gasteiger partial charge < -0.3 is 0 Å². The van der Waals surface area contributed by atoms with E-state index in [2.05, 4.69) is 37.4 Å².